The molecule has 4 heteroatoms. The molecule has 0 radical (unpaired) electrons. The number of ether oxygens (including phenoxy) is 1. The fourth-order valence-electron chi connectivity index (χ4n) is 1.31. The molecule has 0 aliphatic carbocycles. The molecule has 2 aromatic rings. The van der Waals surface area contributed by atoms with Crippen molar-refractivity contribution in [2.45, 2.75) is 0 Å². The van der Waals surface area contributed by atoms with Crippen LogP contribution in [0.25, 0.3) is 6.08 Å². The van der Waals surface area contributed by atoms with Crippen molar-refractivity contribution in [2.75, 3.05) is 6.61 Å². The summed E-state index contributed by atoms with van der Waals surface area (Å²) in [5, 5.41) is 0. The van der Waals surface area contributed by atoms with Gasteiger partial charge >= 0.3 is 6.09 Å². The number of benzene rings is 1. The van der Waals surface area contributed by atoms with E-state index in [-0.39, 0.29) is 6.61 Å². The molecule has 0 aliphatic heterocycles. The SMILES string of the molecule is O=C(OC/C=C/c1ccccc1)n1ccnc1. The summed E-state index contributed by atoms with van der Waals surface area (Å²) in [7, 11) is 0. The quantitative estimate of drug-likeness (QED) is 0.811. The zero-order valence-corrected chi connectivity index (χ0v) is 9.19. The van der Waals surface area contributed by atoms with E-state index in [9.17, 15) is 4.79 Å². The van der Waals surface area contributed by atoms with Crippen LogP contribution < -0.4 is 0 Å². The van der Waals surface area contributed by atoms with Crippen LogP contribution in [0.4, 0.5) is 4.79 Å². The first-order valence-corrected chi connectivity index (χ1v) is 5.23. The maximum Gasteiger partial charge on any atom is 0.419 e. The van der Waals surface area contributed by atoms with Crippen molar-refractivity contribution in [1.29, 1.82) is 0 Å². The molecule has 17 heavy (non-hydrogen) atoms. The largest absolute Gasteiger partial charge is 0.445 e. The van der Waals surface area contributed by atoms with Crippen LogP contribution in [0.3, 0.4) is 0 Å². The molecule has 4 nitrogen and oxygen atoms in total. The molecular formula is C13H12N2O2. The summed E-state index contributed by atoms with van der Waals surface area (Å²) in [5.74, 6) is 0. The van der Waals surface area contributed by atoms with Gasteiger partial charge in [-0.3, -0.25) is 0 Å². The van der Waals surface area contributed by atoms with E-state index in [1.807, 2.05) is 36.4 Å². The molecule has 0 saturated carbocycles. The summed E-state index contributed by atoms with van der Waals surface area (Å²) in [4.78, 5) is 15.1. The van der Waals surface area contributed by atoms with Crippen molar-refractivity contribution in [3.63, 3.8) is 0 Å². The minimum Gasteiger partial charge on any atom is -0.445 e. The smallest absolute Gasteiger partial charge is 0.419 e. The number of carbonyl (C=O) groups is 1. The van der Waals surface area contributed by atoms with Gasteiger partial charge in [0.2, 0.25) is 0 Å². The van der Waals surface area contributed by atoms with Gasteiger partial charge in [0.05, 0.1) is 0 Å². The number of rotatable bonds is 3. The average Bonchev–Trinajstić information content (AvgIpc) is 2.89. The lowest BCUT2D eigenvalue weighted by Crippen LogP contribution is -2.11. The Morgan fingerprint density at radius 1 is 1.35 bits per heavy atom. The fourth-order valence-corrected chi connectivity index (χ4v) is 1.31. The predicted molar refractivity (Wildman–Crippen MR) is 64.4 cm³/mol. The van der Waals surface area contributed by atoms with Gasteiger partial charge in [0, 0.05) is 12.4 Å². The molecule has 0 aliphatic rings. The van der Waals surface area contributed by atoms with Crippen molar-refractivity contribution in [2.24, 2.45) is 0 Å². The van der Waals surface area contributed by atoms with E-state index >= 15 is 0 Å². The van der Waals surface area contributed by atoms with Crippen LogP contribution in [0, 0.1) is 0 Å². The van der Waals surface area contributed by atoms with Crippen LogP contribution in [0.5, 0.6) is 0 Å². The first kappa shape index (κ1) is 11.1. The standard InChI is InChI=1S/C13H12N2O2/c16-13(15-9-8-14-11-15)17-10-4-7-12-5-2-1-3-6-12/h1-9,11H,10H2/b7-4+. The minimum atomic E-state index is -0.430. The second kappa shape index (κ2) is 5.65. The van der Waals surface area contributed by atoms with Crippen LogP contribution in [-0.2, 0) is 4.74 Å². The molecular weight excluding hydrogens is 216 g/mol. The van der Waals surface area contributed by atoms with Crippen LogP contribution in [-0.4, -0.2) is 22.3 Å². The summed E-state index contributed by atoms with van der Waals surface area (Å²) in [5.41, 5.74) is 1.08. The third-order valence-corrected chi connectivity index (χ3v) is 2.13. The van der Waals surface area contributed by atoms with Gasteiger partial charge in [0.1, 0.15) is 12.9 Å². The van der Waals surface area contributed by atoms with Crippen LogP contribution in [0.1, 0.15) is 5.56 Å². The van der Waals surface area contributed by atoms with Crippen molar-refractivity contribution in [3.8, 4) is 0 Å². The third kappa shape index (κ3) is 3.31. The lowest BCUT2D eigenvalue weighted by atomic mass is 10.2. The number of carbonyl (C=O) groups excluding carboxylic acids is 1. The normalized spacial score (nSPS) is 10.6. The van der Waals surface area contributed by atoms with E-state index in [2.05, 4.69) is 4.98 Å². The second-order valence-corrected chi connectivity index (χ2v) is 3.36. The van der Waals surface area contributed by atoms with E-state index in [1.54, 1.807) is 12.3 Å². The number of hydrogen-bond acceptors (Lipinski definition) is 3. The highest BCUT2D eigenvalue weighted by atomic mass is 16.5. The van der Waals surface area contributed by atoms with Gasteiger partial charge in [0.15, 0.2) is 0 Å². The topological polar surface area (TPSA) is 44.1 Å². The summed E-state index contributed by atoms with van der Waals surface area (Å²) in [6.45, 7) is 0.242. The highest BCUT2D eigenvalue weighted by Gasteiger charge is 2.01. The van der Waals surface area contributed by atoms with Gasteiger partial charge in [-0.2, -0.15) is 0 Å². The zero-order chi connectivity index (χ0) is 11.9. The molecule has 0 saturated heterocycles. The van der Waals surface area contributed by atoms with Gasteiger partial charge in [-0.25, -0.2) is 14.3 Å². The molecule has 0 spiro atoms. The highest BCUT2D eigenvalue weighted by Crippen LogP contribution is 2.00. The Balaban J connectivity index is 1.80. The maximum atomic E-state index is 11.4. The summed E-state index contributed by atoms with van der Waals surface area (Å²) in [6, 6.07) is 9.83. The Hall–Kier alpha value is -2.36. The van der Waals surface area contributed by atoms with Crippen LogP contribution >= 0.6 is 0 Å². The highest BCUT2D eigenvalue weighted by molar-refractivity contribution is 5.70. The second-order valence-electron chi connectivity index (χ2n) is 3.36. The molecule has 0 bridgehead atoms. The Kier molecular flexibility index (Phi) is 3.70. The number of imidazole rings is 1. The van der Waals surface area contributed by atoms with Gasteiger partial charge in [-0.05, 0) is 11.6 Å². The van der Waals surface area contributed by atoms with Crippen LogP contribution in [0.15, 0.2) is 55.1 Å². The van der Waals surface area contributed by atoms with E-state index < -0.39 is 6.09 Å². The van der Waals surface area contributed by atoms with E-state index in [0.717, 1.165) is 5.56 Å². The number of hydrogen-bond donors (Lipinski definition) is 0. The van der Waals surface area contributed by atoms with Crippen molar-refractivity contribution >= 4 is 12.2 Å². The first-order valence-electron chi connectivity index (χ1n) is 5.23. The lowest BCUT2D eigenvalue weighted by Gasteiger charge is -2.00. The Labute approximate surface area is 99.2 Å². The van der Waals surface area contributed by atoms with E-state index in [0.29, 0.717) is 0 Å². The zero-order valence-electron chi connectivity index (χ0n) is 9.19. The van der Waals surface area contributed by atoms with Crippen molar-refractivity contribution in [3.05, 3.63) is 60.7 Å². The van der Waals surface area contributed by atoms with E-state index in [1.165, 1.54) is 17.1 Å². The van der Waals surface area contributed by atoms with E-state index in [4.69, 9.17) is 4.74 Å². The molecule has 2 rings (SSSR count). The Morgan fingerprint density at radius 2 is 2.18 bits per heavy atom. The summed E-state index contributed by atoms with van der Waals surface area (Å²) < 4.78 is 6.29. The van der Waals surface area contributed by atoms with Crippen molar-refractivity contribution < 1.29 is 9.53 Å². The first-order chi connectivity index (χ1) is 8.36. The maximum absolute atomic E-state index is 11.4. The predicted octanol–water partition coefficient (Wildman–Crippen LogP) is 2.58. The third-order valence-electron chi connectivity index (χ3n) is 2.13. The average molecular weight is 228 g/mol. The molecule has 86 valence electrons. The molecule has 1 aromatic heterocycles. The monoisotopic (exact) mass is 228 g/mol. The summed E-state index contributed by atoms with van der Waals surface area (Å²) >= 11 is 0. The lowest BCUT2D eigenvalue weighted by molar-refractivity contribution is 0.160. The molecule has 0 atom stereocenters. The van der Waals surface area contributed by atoms with Gasteiger partial charge in [-0.1, -0.05) is 36.4 Å². The van der Waals surface area contributed by atoms with Gasteiger partial charge in [-0.15, -0.1) is 0 Å². The Morgan fingerprint density at radius 3 is 2.88 bits per heavy atom. The Bertz CT molecular complexity index is 489. The fraction of sp³-hybridized carbons (Fsp3) is 0.0769. The number of nitrogens with zero attached hydrogens (tertiary/aromatic N) is 2. The number of aromatic nitrogens is 2. The van der Waals surface area contributed by atoms with Crippen molar-refractivity contribution in [1.82, 2.24) is 9.55 Å². The molecule has 0 N–H and O–H groups in total. The van der Waals surface area contributed by atoms with Gasteiger partial charge < -0.3 is 4.74 Å². The molecule has 0 fully saturated rings. The summed E-state index contributed by atoms with van der Waals surface area (Å²) in [6.07, 6.45) is 7.75. The van der Waals surface area contributed by atoms with Crippen LogP contribution in [0.2, 0.25) is 0 Å². The molecule has 1 aromatic carbocycles. The molecule has 1 heterocycles. The van der Waals surface area contributed by atoms with Gasteiger partial charge in [0.25, 0.3) is 0 Å². The molecule has 0 unspecified atom stereocenters. The molecule has 0 amide bonds. The minimum absolute atomic E-state index is 0.242.